The van der Waals surface area contributed by atoms with Crippen molar-refractivity contribution in [2.75, 3.05) is 5.32 Å². The van der Waals surface area contributed by atoms with Crippen LogP contribution in [0, 0.1) is 11.3 Å². The third-order valence-corrected chi connectivity index (χ3v) is 5.89. The Hall–Kier alpha value is -3.16. The zero-order chi connectivity index (χ0) is 23.3. The lowest BCUT2D eigenvalue weighted by Crippen LogP contribution is -2.14. The van der Waals surface area contributed by atoms with Crippen molar-refractivity contribution in [3.8, 4) is 16.5 Å². The summed E-state index contributed by atoms with van der Waals surface area (Å²) < 4.78 is 63.3. The standard InChI is InChI=1S/C22H13F5N2OS2/c23-21(24)32-17-6-4-13(5-7-17)19-9-8-18(31-19)10-14(12-28)20(30)29-16-3-1-2-15(11-16)22(25,26)27/h1-11,21H,(H,29,30)/b14-10+. The molecule has 0 aliphatic heterocycles. The summed E-state index contributed by atoms with van der Waals surface area (Å²) in [5.74, 6) is -3.35. The maximum absolute atomic E-state index is 12.8. The molecule has 0 unspecified atom stereocenters. The molecule has 2 aromatic carbocycles. The van der Waals surface area contributed by atoms with Crippen LogP contribution in [0.1, 0.15) is 10.4 Å². The molecule has 1 heterocycles. The van der Waals surface area contributed by atoms with Gasteiger partial charge in [-0.2, -0.15) is 27.2 Å². The lowest BCUT2D eigenvalue weighted by molar-refractivity contribution is -0.137. The summed E-state index contributed by atoms with van der Waals surface area (Å²) in [6.45, 7) is 0. The van der Waals surface area contributed by atoms with Gasteiger partial charge in [-0.05, 0) is 54.1 Å². The van der Waals surface area contributed by atoms with Crippen molar-refractivity contribution in [3.63, 3.8) is 0 Å². The molecule has 3 nitrogen and oxygen atoms in total. The number of anilines is 1. The minimum Gasteiger partial charge on any atom is -0.321 e. The van der Waals surface area contributed by atoms with Gasteiger partial charge < -0.3 is 5.32 Å². The minimum absolute atomic E-state index is 0.0837. The highest BCUT2D eigenvalue weighted by Gasteiger charge is 2.30. The Morgan fingerprint density at radius 3 is 2.44 bits per heavy atom. The number of rotatable bonds is 6. The largest absolute Gasteiger partial charge is 0.416 e. The fourth-order valence-electron chi connectivity index (χ4n) is 2.65. The van der Waals surface area contributed by atoms with E-state index in [2.05, 4.69) is 5.32 Å². The molecular weight excluding hydrogens is 467 g/mol. The van der Waals surface area contributed by atoms with Crippen LogP contribution in [0.15, 0.2) is 71.1 Å². The zero-order valence-electron chi connectivity index (χ0n) is 16.0. The SMILES string of the molecule is N#C/C(=C\c1ccc(-c2ccc(SC(F)F)cc2)s1)C(=O)Nc1cccc(C(F)(F)F)c1. The van der Waals surface area contributed by atoms with Crippen molar-refractivity contribution in [1.29, 1.82) is 5.26 Å². The van der Waals surface area contributed by atoms with Gasteiger partial charge in [-0.1, -0.05) is 30.0 Å². The molecule has 0 aliphatic carbocycles. The number of nitrogens with one attached hydrogen (secondary N) is 1. The first kappa shape index (κ1) is 23.5. The Morgan fingerprint density at radius 1 is 1.09 bits per heavy atom. The molecule has 164 valence electrons. The zero-order valence-corrected chi connectivity index (χ0v) is 17.6. The number of nitriles is 1. The molecule has 0 radical (unpaired) electrons. The molecule has 0 fully saturated rings. The number of halogens is 5. The number of nitrogens with zero attached hydrogens (tertiary/aromatic N) is 1. The highest BCUT2D eigenvalue weighted by atomic mass is 32.2. The van der Waals surface area contributed by atoms with Crippen molar-refractivity contribution < 1.29 is 26.7 Å². The Labute approximate surface area is 188 Å². The predicted molar refractivity (Wildman–Crippen MR) is 115 cm³/mol. The summed E-state index contributed by atoms with van der Waals surface area (Å²) in [4.78, 5) is 14.2. The number of carbonyl (C=O) groups is 1. The highest BCUT2D eigenvalue weighted by molar-refractivity contribution is 7.99. The van der Waals surface area contributed by atoms with Crippen LogP contribution in [0.25, 0.3) is 16.5 Å². The van der Waals surface area contributed by atoms with Crippen molar-refractivity contribution in [2.45, 2.75) is 16.8 Å². The summed E-state index contributed by atoms with van der Waals surface area (Å²) in [7, 11) is 0. The molecule has 10 heteroatoms. The molecule has 1 aromatic heterocycles. The van der Waals surface area contributed by atoms with E-state index in [1.165, 1.54) is 23.5 Å². The summed E-state index contributed by atoms with van der Waals surface area (Å²) >= 11 is 1.71. The maximum Gasteiger partial charge on any atom is 0.416 e. The summed E-state index contributed by atoms with van der Waals surface area (Å²) in [6.07, 6.45) is -3.23. The second-order valence-electron chi connectivity index (χ2n) is 6.31. The first-order valence-corrected chi connectivity index (χ1v) is 10.6. The lowest BCUT2D eigenvalue weighted by Gasteiger charge is -2.09. The molecular formula is C22H13F5N2OS2. The van der Waals surface area contributed by atoms with Crippen LogP contribution >= 0.6 is 23.1 Å². The normalized spacial score (nSPS) is 12.0. The summed E-state index contributed by atoms with van der Waals surface area (Å²) in [5.41, 5.74) is -0.502. The smallest absolute Gasteiger partial charge is 0.321 e. The third kappa shape index (κ3) is 6.18. The number of benzene rings is 2. The number of thiophene rings is 1. The number of thioether (sulfide) groups is 1. The van der Waals surface area contributed by atoms with E-state index in [0.29, 0.717) is 21.5 Å². The van der Waals surface area contributed by atoms with E-state index in [1.807, 2.05) is 0 Å². The van der Waals surface area contributed by atoms with Gasteiger partial charge in [-0.25, -0.2) is 0 Å². The van der Waals surface area contributed by atoms with Gasteiger partial charge in [-0.3, -0.25) is 4.79 Å². The number of alkyl halides is 5. The van der Waals surface area contributed by atoms with Crippen LogP contribution < -0.4 is 5.32 Å². The number of amides is 1. The van der Waals surface area contributed by atoms with Gasteiger partial charge in [0.2, 0.25) is 0 Å². The first-order valence-electron chi connectivity index (χ1n) is 8.91. The average molecular weight is 480 g/mol. The first-order chi connectivity index (χ1) is 15.2. The maximum atomic E-state index is 12.8. The Balaban J connectivity index is 1.75. The van der Waals surface area contributed by atoms with Gasteiger partial charge in [0.25, 0.3) is 11.7 Å². The van der Waals surface area contributed by atoms with Gasteiger partial charge in [-0.15, -0.1) is 11.3 Å². The average Bonchev–Trinajstić information content (AvgIpc) is 3.20. The number of hydrogen-bond acceptors (Lipinski definition) is 4. The minimum atomic E-state index is -4.56. The summed E-state index contributed by atoms with van der Waals surface area (Å²) in [5, 5.41) is 11.6. The van der Waals surface area contributed by atoms with E-state index in [-0.39, 0.29) is 11.3 Å². The van der Waals surface area contributed by atoms with Crippen molar-refractivity contribution in [2.24, 2.45) is 0 Å². The van der Waals surface area contributed by atoms with Crippen LogP contribution in [0.2, 0.25) is 0 Å². The van der Waals surface area contributed by atoms with Crippen molar-refractivity contribution in [1.82, 2.24) is 0 Å². The quantitative estimate of drug-likeness (QED) is 0.174. The van der Waals surface area contributed by atoms with Crippen molar-refractivity contribution in [3.05, 3.63) is 76.7 Å². The van der Waals surface area contributed by atoms with Gasteiger partial charge >= 0.3 is 6.18 Å². The highest BCUT2D eigenvalue weighted by Crippen LogP contribution is 2.33. The molecule has 1 N–H and O–H groups in total. The van der Waals surface area contributed by atoms with Gasteiger partial charge in [0.15, 0.2) is 0 Å². The van der Waals surface area contributed by atoms with Crippen LogP contribution in [0.4, 0.5) is 27.6 Å². The fraction of sp³-hybridized carbons (Fsp3) is 0.0909. The van der Waals surface area contributed by atoms with Crippen LogP contribution in [-0.2, 0) is 11.0 Å². The van der Waals surface area contributed by atoms with Crippen LogP contribution in [0.3, 0.4) is 0 Å². The topological polar surface area (TPSA) is 52.9 Å². The van der Waals surface area contributed by atoms with Gasteiger partial charge in [0, 0.05) is 20.3 Å². The molecule has 0 spiro atoms. The third-order valence-electron chi connectivity index (χ3n) is 4.09. The molecule has 1 amide bonds. The molecule has 0 saturated carbocycles. The molecule has 0 aliphatic rings. The Morgan fingerprint density at radius 2 is 1.81 bits per heavy atom. The monoisotopic (exact) mass is 480 g/mol. The molecule has 3 rings (SSSR count). The van der Waals surface area contributed by atoms with Gasteiger partial charge in [0.1, 0.15) is 11.6 Å². The Kier molecular flexibility index (Phi) is 7.33. The predicted octanol–water partition coefficient (Wildman–Crippen LogP) is 7.29. The molecule has 32 heavy (non-hydrogen) atoms. The van der Waals surface area contributed by atoms with E-state index >= 15 is 0 Å². The number of carbonyl (C=O) groups excluding carboxylic acids is 1. The van der Waals surface area contributed by atoms with E-state index < -0.39 is 23.4 Å². The molecule has 0 atom stereocenters. The van der Waals surface area contributed by atoms with Crippen molar-refractivity contribution >= 4 is 40.8 Å². The second-order valence-corrected chi connectivity index (χ2v) is 8.49. The fourth-order valence-corrected chi connectivity index (χ4v) is 4.10. The molecule has 0 bridgehead atoms. The van der Waals surface area contributed by atoms with E-state index in [1.54, 1.807) is 42.5 Å². The Bertz CT molecular complexity index is 1180. The van der Waals surface area contributed by atoms with Crippen LogP contribution in [-0.4, -0.2) is 11.7 Å². The van der Waals surface area contributed by atoms with E-state index in [9.17, 15) is 32.0 Å². The second kappa shape index (κ2) is 9.97. The summed E-state index contributed by atoms with van der Waals surface area (Å²) in [6, 6.07) is 15.8. The lowest BCUT2D eigenvalue weighted by atomic mass is 10.1. The van der Waals surface area contributed by atoms with Gasteiger partial charge in [0.05, 0.1) is 5.56 Å². The van der Waals surface area contributed by atoms with E-state index in [0.717, 1.165) is 28.6 Å². The molecule has 0 saturated heterocycles. The van der Waals surface area contributed by atoms with Crippen LogP contribution in [0.5, 0.6) is 0 Å². The van der Waals surface area contributed by atoms with E-state index in [4.69, 9.17) is 0 Å². The molecule has 3 aromatic rings. The number of hydrogen-bond donors (Lipinski definition) is 1.